The number of aromatic carboxylic acids is 1. The first-order valence-electron chi connectivity index (χ1n) is 5.95. The van der Waals surface area contributed by atoms with Crippen molar-refractivity contribution in [2.75, 3.05) is 6.61 Å². The van der Waals surface area contributed by atoms with Crippen molar-refractivity contribution in [3.05, 3.63) is 28.5 Å². The monoisotopic (exact) mass is 339 g/mol. The maximum Gasteiger partial charge on any atom is 0.338 e. The van der Waals surface area contributed by atoms with E-state index in [-0.39, 0.29) is 11.6 Å². The second-order valence-corrected chi connectivity index (χ2v) is 6.76. The highest BCUT2D eigenvalue weighted by Crippen LogP contribution is 2.24. The maximum absolute atomic E-state index is 14.0. The Morgan fingerprint density at radius 2 is 2.00 bits per heavy atom. The minimum Gasteiger partial charge on any atom is -0.478 e. The summed E-state index contributed by atoms with van der Waals surface area (Å²) in [5, 5.41) is 17.6. The van der Waals surface area contributed by atoms with Gasteiger partial charge in [0.2, 0.25) is 10.0 Å². The highest BCUT2D eigenvalue weighted by molar-refractivity contribution is 7.89. The Bertz CT molecular complexity index is 649. The van der Waals surface area contributed by atoms with Gasteiger partial charge in [0.1, 0.15) is 4.90 Å². The number of carbonyl (C=O) groups is 1. The van der Waals surface area contributed by atoms with Crippen LogP contribution in [0.1, 0.15) is 24.2 Å². The van der Waals surface area contributed by atoms with Crippen LogP contribution >= 0.6 is 11.6 Å². The van der Waals surface area contributed by atoms with E-state index in [9.17, 15) is 17.6 Å². The molecule has 21 heavy (non-hydrogen) atoms. The van der Waals surface area contributed by atoms with Crippen molar-refractivity contribution >= 4 is 27.6 Å². The minimum atomic E-state index is -4.31. The van der Waals surface area contributed by atoms with E-state index < -0.39 is 44.2 Å². The van der Waals surface area contributed by atoms with Gasteiger partial charge in [0.05, 0.1) is 5.56 Å². The maximum atomic E-state index is 14.0. The zero-order chi connectivity index (χ0) is 16.4. The van der Waals surface area contributed by atoms with E-state index >= 15 is 0 Å². The molecule has 9 heteroatoms. The lowest BCUT2D eigenvalue weighted by Crippen LogP contribution is -2.38. The third-order valence-corrected chi connectivity index (χ3v) is 4.78. The summed E-state index contributed by atoms with van der Waals surface area (Å²) in [6, 6.07) is 0.992. The quantitative estimate of drug-likeness (QED) is 0.728. The molecule has 0 bridgehead atoms. The van der Waals surface area contributed by atoms with Gasteiger partial charge in [-0.25, -0.2) is 22.3 Å². The molecule has 0 saturated heterocycles. The summed E-state index contributed by atoms with van der Waals surface area (Å²) >= 11 is 5.64. The second-order valence-electron chi connectivity index (χ2n) is 4.64. The van der Waals surface area contributed by atoms with Crippen LogP contribution in [0, 0.1) is 11.7 Å². The van der Waals surface area contributed by atoms with E-state index in [4.69, 9.17) is 21.8 Å². The van der Waals surface area contributed by atoms with Gasteiger partial charge >= 0.3 is 5.97 Å². The normalized spacial score (nSPS) is 14.7. The average Bonchev–Trinajstić information content (AvgIpc) is 2.38. The molecule has 118 valence electrons. The molecule has 0 aliphatic heterocycles. The number of hydrogen-bond donors (Lipinski definition) is 3. The van der Waals surface area contributed by atoms with Crippen LogP contribution in [0.4, 0.5) is 4.39 Å². The fourth-order valence-corrected chi connectivity index (χ4v) is 3.26. The Morgan fingerprint density at radius 3 is 2.48 bits per heavy atom. The van der Waals surface area contributed by atoms with Crippen molar-refractivity contribution in [1.29, 1.82) is 0 Å². The summed E-state index contributed by atoms with van der Waals surface area (Å²) < 4.78 is 40.5. The molecular weight excluding hydrogens is 325 g/mol. The molecule has 1 rings (SSSR count). The number of nitrogens with one attached hydrogen (secondary N) is 1. The molecular formula is C12H15ClFNO5S. The largest absolute Gasteiger partial charge is 0.478 e. The average molecular weight is 340 g/mol. The number of aliphatic hydroxyl groups excluding tert-OH is 1. The van der Waals surface area contributed by atoms with Crippen LogP contribution in [0.3, 0.4) is 0 Å². The zero-order valence-electron chi connectivity index (χ0n) is 11.3. The molecule has 0 fully saturated rings. The van der Waals surface area contributed by atoms with Gasteiger partial charge in [-0.1, -0.05) is 18.5 Å². The third-order valence-electron chi connectivity index (χ3n) is 3.01. The van der Waals surface area contributed by atoms with Crippen LogP contribution in [0.25, 0.3) is 0 Å². The molecule has 3 N–H and O–H groups in total. The first kappa shape index (κ1) is 17.8. The SMILES string of the molecule is CC(CO)C(C)NS(=O)(=O)c1cc(Cl)cc(C(=O)O)c1F. The van der Waals surface area contributed by atoms with Crippen molar-refractivity contribution in [3.8, 4) is 0 Å². The third kappa shape index (κ3) is 4.13. The summed E-state index contributed by atoms with van der Waals surface area (Å²) in [5.41, 5.74) is -0.828. The lowest BCUT2D eigenvalue weighted by Gasteiger charge is -2.19. The molecule has 0 radical (unpaired) electrons. The van der Waals surface area contributed by atoms with E-state index in [1.165, 1.54) is 6.92 Å². The number of carboxylic acid groups (broad SMARTS) is 1. The number of aliphatic hydroxyl groups is 1. The van der Waals surface area contributed by atoms with Crippen LogP contribution < -0.4 is 4.72 Å². The molecule has 0 amide bonds. The van der Waals surface area contributed by atoms with Crippen LogP contribution in [-0.2, 0) is 10.0 Å². The predicted molar refractivity (Wildman–Crippen MR) is 74.4 cm³/mol. The van der Waals surface area contributed by atoms with E-state index in [1.54, 1.807) is 6.92 Å². The lowest BCUT2D eigenvalue weighted by molar-refractivity contribution is 0.0691. The molecule has 2 atom stereocenters. The molecule has 0 spiro atoms. The molecule has 0 aliphatic rings. The number of hydrogen-bond acceptors (Lipinski definition) is 4. The number of rotatable bonds is 6. The molecule has 1 aromatic rings. The predicted octanol–water partition coefficient (Wildman–Crippen LogP) is 1.47. The number of sulfonamides is 1. The highest BCUT2D eigenvalue weighted by Gasteiger charge is 2.27. The van der Waals surface area contributed by atoms with E-state index in [0.717, 1.165) is 12.1 Å². The Morgan fingerprint density at radius 1 is 1.43 bits per heavy atom. The van der Waals surface area contributed by atoms with Crippen LogP contribution in [0.5, 0.6) is 0 Å². The zero-order valence-corrected chi connectivity index (χ0v) is 12.9. The molecule has 0 aromatic heterocycles. The number of halogens is 2. The van der Waals surface area contributed by atoms with Crippen LogP contribution in [0.15, 0.2) is 17.0 Å². The fourth-order valence-electron chi connectivity index (χ4n) is 1.50. The Labute approximate surface area is 126 Å². The Balaban J connectivity index is 3.29. The lowest BCUT2D eigenvalue weighted by atomic mass is 10.1. The minimum absolute atomic E-state index is 0.211. The van der Waals surface area contributed by atoms with Gasteiger partial charge < -0.3 is 10.2 Å². The molecule has 0 heterocycles. The van der Waals surface area contributed by atoms with Gasteiger partial charge in [0.25, 0.3) is 0 Å². The van der Waals surface area contributed by atoms with E-state index in [0.29, 0.717) is 0 Å². The van der Waals surface area contributed by atoms with E-state index in [1.807, 2.05) is 0 Å². The highest BCUT2D eigenvalue weighted by atomic mass is 35.5. The molecule has 1 aromatic carbocycles. The fraction of sp³-hybridized carbons (Fsp3) is 0.417. The molecule has 2 unspecified atom stereocenters. The smallest absolute Gasteiger partial charge is 0.338 e. The van der Waals surface area contributed by atoms with Crippen molar-refractivity contribution in [3.63, 3.8) is 0 Å². The van der Waals surface area contributed by atoms with Crippen molar-refractivity contribution in [2.45, 2.75) is 24.8 Å². The first-order valence-corrected chi connectivity index (χ1v) is 7.81. The van der Waals surface area contributed by atoms with Crippen molar-refractivity contribution in [2.24, 2.45) is 5.92 Å². The second kappa shape index (κ2) is 6.69. The summed E-state index contributed by atoms with van der Waals surface area (Å²) in [7, 11) is -4.31. The van der Waals surface area contributed by atoms with Gasteiger partial charge in [0, 0.05) is 17.7 Å². The van der Waals surface area contributed by atoms with Gasteiger partial charge in [-0.3, -0.25) is 0 Å². The van der Waals surface area contributed by atoms with Gasteiger partial charge in [-0.2, -0.15) is 0 Å². The van der Waals surface area contributed by atoms with Gasteiger partial charge in [-0.05, 0) is 25.0 Å². The topological polar surface area (TPSA) is 104 Å². The van der Waals surface area contributed by atoms with Crippen molar-refractivity contribution in [1.82, 2.24) is 4.72 Å². The van der Waals surface area contributed by atoms with Crippen LogP contribution in [0.2, 0.25) is 5.02 Å². The Kier molecular flexibility index (Phi) is 5.68. The van der Waals surface area contributed by atoms with E-state index in [2.05, 4.69) is 4.72 Å². The standard InChI is InChI=1S/C12H15ClFNO5S/c1-6(5-16)7(2)15-21(19,20)10-4-8(13)3-9(11(10)14)12(17)18/h3-4,6-7,15-16H,5H2,1-2H3,(H,17,18). The summed E-state index contributed by atoms with van der Waals surface area (Å²) in [6.45, 7) is 2.84. The van der Waals surface area contributed by atoms with Crippen LogP contribution in [-0.4, -0.2) is 37.2 Å². The number of benzene rings is 1. The first-order chi connectivity index (χ1) is 9.60. The molecule has 0 aliphatic carbocycles. The molecule has 6 nitrogen and oxygen atoms in total. The summed E-state index contributed by atoms with van der Waals surface area (Å²) in [5.74, 6) is -3.41. The number of carboxylic acids is 1. The van der Waals surface area contributed by atoms with Gasteiger partial charge in [-0.15, -0.1) is 0 Å². The van der Waals surface area contributed by atoms with Crippen molar-refractivity contribution < 1.29 is 27.8 Å². The van der Waals surface area contributed by atoms with Gasteiger partial charge in [0.15, 0.2) is 5.82 Å². The molecule has 0 saturated carbocycles. The Hall–Kier alpha value is -1.22. The summed E-state index contributed by atoms with van der Waals surface area (Å²) in [4.78, 5) is 10.0. The summed E-state index contributed by atoms with van der Waals surface area (Å²) in [6.07, 6.45) is 0.